The normalized spacial score (nSPS) is 13.8. The van der Waals surface area contributed by atoms with Crippen LogP contribution in [0.1, 0.15) is 29.7 Å². The third-order valence-electron chi connectivity index (χ3n) is 7.64. The second-order valence-corrected chi connectivity index (χ2v) is 11.6. The van der Waals surface area contributed by atoms with E-state index in [0.717, 1.165) is 42.0 Å². The van der Waals surface area contributed by atoms with Gasteiger partial charge in [0.2, 0.25) is 0 Å². The van der Waals surface area contributed by atoms with Crippen molar-refractivity contribution in [3.63, 3.8) is 0 Å². The van der Waals surface area contributed by atoms with Gasteiger partial charge in [0, 0.05) is 23.2 Å². The van der Waals surface area contributed by atoms with Crippen LogP contribution < -0.4 is 0 Å². The molecule has 2 aliphatic rings. The summed E-state index contributed by atoms with van der Waals surface area (Å²) in [4.78, 5) is 16.5. The minimum Gasteiger partial charge on any atom is -0.453 e. The molecule has 8 rings (SSSR count). The molecular weight excluding hydrogens is 713 g/mol. The predicted octanol–water partition coefficient (Wildman–Crippen LogP) is 9.70. The molecule has 264 valence electrons. The maximum absolute atomic E-state index is 12.8. The highest BCUT2D eigenvalue weighted by molar-refractivity contribution is 6.51. The van der Waals surface area contributed by atoms with Crippen LogP contribution in [0.3, 0.4) is 0 Å². The Balaban J connectivity index is 0.000000149. The van der Waals surface area contributed by atoms with Gasteiger partial charge in [-0.3, -0.25) is 0 Å². The minimum absolute atomic E-state index is 0.124. The van der Waals surface area contributed by atoms with E-state index < -0.39 is 30.6 Å². The van der Waals surface area contributed by atoms with E-state index in [1.807, 2.05) is 30.4 Å². The van der Waals surface area contributed by atoms with Crippen molar-refractivity contribution >= 4 is 46.2 Å². The highest BCUT2D eigenvalue weighted by Crippen LogP contribution is 2.35. The van der Waals surface area contributed by atoms with Crippen molar-refractivity contribution in [1.82, 2.24) is 19.9 Å². The Labute approximate surface area is 296 Å². The molecule has 0 atom stereocenters. The average Bonchev–Trinajstić information content (AvgIpc) is 3.94. The molecule has 0 fully saturated rings. The SMILES string of the molecule is FC(F)(F)c1ccc2cc(-c3nccc(C4=CC=CC4)n3)oc2c1.FC(F)(F)c1ccc2cc(-c3nccc(Cl)n3)oc2c1.OB(O)C1=CC=CC1. The van der Waals surface area contributed by atoms with E-state index >= 15 is 0 Å². The van der Waals surface area contributed by atoms with Crippen molar-refractivity contribution in [3.05, 3.63) is 137 Å². The summed E-state index contributed by atoms with van der Waals surface area (Å²) in [6.45, 7) is 0. The molecule has 0 bridgehead atoms. The van der Waals surface area contributed by atoms with E-state index in [1.165, 1.54) is 24.4 Å². The number of halogens is 7. The number of alkyl halides is 6. The van der Waals surface area contributed by atoms with E-state index in [1.54, 1.807) is 30.5 Å². The number of benzene rings is 2. The number of allylic oxidation sites excluding steroid dienone is 8. The molecular formula is C36H24BClF6N4O4. The standard InChI is InChI=1S/C18H11F3N2O.C13H6ClF3N2O.C5H7BO2/c19-18(20,21)13-6-5-12-9-16(24-15(12)10-13)17-22-8-7-14(23-17)11-3-1-2-4-11;14-11-3-4-18-12(19-11)10-5-7-1-2-8(13(15,16)17)6-9(7)20-10;7-6(8)5-3-1-2-4-5/h1-3,5-10H,4H2;1-6H;1-3,7-8H,4H2. The number of hydrogen-bond acceptors (Lipinski definition) is 8. The lowest BCUT2D eigenvalue weighted by Gasteiger charge is -2.05. The molecule has 2 aliphatic carbocycles. The monoisotopic (exact) mass is 736 g/mol. The molecule has 4 aromatic heterocycles. The fourth-order valence-electron chi connectivity index (χ4n) is 5.04. The smallest absolute Gasteiger partial charge is 0.453 e. The van der Waals surface area contributed by atoms with Crippen molar-refractivity contribution in [2.75, 3.05) is 0 Å². The fourth-order valence-corrected chi connectivity index (χ4v) is 5.18. The lowest BCUT2D eigenvalue weighted by Crippen LogP contribution is -2.13. The summed E-state index contributed by atoms with van der Waals surface area (Å²) in [5.74, 6) is 1.19. The fraction of sp³-hybridized carbons (Fsp3) is 0.111. The topological polar surface area (TPSA) is 118 Å². The van der Waals surface area contributed by atoms with Gasteiger partial charge in [-0.25, -0.2) is 19.9 Å². The van der Waals surface area contributed by atoms with Crippen LogP contribution in [0, 0.1) is 0 Å². The lowest BCUT2D eigenvalue weighted by atomic mass is 9.79. The van der Waals surface area contributed by atoms with Crippen molar-refractivity contribution in [3.8, 4) is 23.2 Å². The summed E-state index contributed by atoms with van der Waals surface area (Å²) in [6, 6.07) is 13.2. The van der Waals surface area contributed by atoms with Gasteiger partial charge in [0.25, 0.3) is 0 Å². The van der Waals surface area contributed by atoms with Gasteiger partial charge in [0.1, 0.15) is 16.3 Å². The number of rotatable bonds is 4. The molecule has 2 N–H and O–H groups in total. The maximum atomic E-state index is 12.8. The van der Waals surface area contributed by atoms with E-state index in [0.29, 0.717) is 34.3 Å². The quantitative estimate of drug-likeness (QED) is 0.104. The Morgan fingerprint density at radius 2 is 1.19 bits per heavy atom. The molecule has 0 radical (unpaired) electrons. The van der Waals surface area contributed by atoms with Gasteiger partial charge in [0.05, 0.1) is 16.8 Å². The maximum Gasteiger partial charge on any atom is 0.484 e. The van der Waals surface area contributed by atoms with Crippen molar-refractivity contribution in [1.29, 1.82) is 0 Å². The molecule has 52 heavy (non-hydrogen) atoms. The van der Waals surface area contributed by atoms with E-state index in [9.17, 15) is 26.3 Å². The van der Waals surface area contributed by atoms with Gasteiger partial charge >= 0.3 is 19.5 Å². The lowest BCUT2D eigenvalue weighted by molar-refractivity contribution is -0.138. The summed E-state index contributed by atoms with van der Waals surface area (Å²) in [7, 11) is -1.26. The van der Waals surface area contributed by atoms with E-state index in [2.05, 4.69) is 19.9 Å². The van der Waals surface area contributed by atoms with Crippen LogP contribution in [-0.4, -0.2) is 37.1 Å². The Bertz CT molecular complexity index is 2360. The Morgan fingerprint density at radius 1 is 0.654 bits per heavy atom. The summed E-state index contributed by atoms with van der Waals surface area (Å²) in [5.41, 5.74) is 1.29. The van der Waals surface area contributed by atoms with Crippen LogP contribution in [0.5, 0.6) is 0 Å². The molecule has 4 heterocycles. The average molecular weight is 737 g/mol. The minimum atomic E-state index is -4.41. The predicted molar refractivity (Wildman–Crippen MR) is 183 cm³/mol. The Hall–Kier alpha value is -5.51. The molecule has 0 amide bonds. The second kappa shape index (κ2) is 15.0. The van der Waals surface area contributed by atoms with Crippen LogP contribution in [0.15, 0.2) is 124 Å². The largest absolute Gasteiger partial charge is 0.484 e. The van der Waals surface area contributed by atoms with Crippen molar-refractivity contribution in [2.45, 2.75) is 25.2 Å². The van der Waals surface area contributed by atoms with Gasteiger partial charge in [0.15, 0.2) is 23.2 Å². The summed E-state index contributed by atoms with van der Waals surface area (Å²) in [6.07, 6.45) is 7.09. The second-order valence-electron chi connectivity index (χ2n) is 11.3. The molecule has 2 aromatic carbocycles. The third kappa shape index (κ3) is 8.68. The first kappa shape index (κ1) is 36.3. The molecule has 0 spiro atoms. The van der Waals surface area contributed by atoms with Gasteiger partial charge in [-0.2, -0.15) is 26.3 Å². The molecule has 0 unspecified atom stereocenters. The van der Waals surface area contributed by atoms with Crippen LogP contribution in [-0.2, 0) is 12.4 Å². The van der Waals surface area contributed by atoms with Gasteiger partial charge < -0.3 is 18.9 Å². The molecule has 0 saturated heterocycles. The highest BCUT2D eigenvalue weighted by atomic mass is 35.5. The highest BCUT2D eigenvalue weighted by Gasteiger charge is 2.32. The molecule has 6 aromatic rings. The number of furan rings is 2. The molecule has 8 nitrogen and oxygen atoms in total. The molecule has 0 saturated carbocycles. The van der Waals surface area contributed by atoms with Crippen LogP contribution in [0.25, 0.3) is 50.7 Å². The zero-order chi connectivity index (χ0) is 37.0. The first-order valence-electron chi connectivity index (χ1n) is 15.4. The van der Waals surface area contributed by atoms with Crippen LogP contribution in [0.4, 0.5) is 26.3 Å². The van der Waals surface area contributed by atoms with Gasteiger partial charge in [-0.15, -0.1) is 0 Å². The Morgan fingerprint density at radius 3 is 1.65 bits per heavy atom. The number of nitrogens with zero attached hydrogens (tertiary/aromatic N) is 4. The number of fused-ring (bicyclic) bond motifs is 2. The zero-order valence-electron chi connectivity index (χ0n) is 26.5. The number of aromatic nitrogens is 4. The number of hydrogen-bond donors (Lipinski definition) is 2. The molecule has 0 aliphatic heterocycles. The molecule has 16 heteroatoms. The van der Waals surface area contributed by atoms with Crippen molar-refractivity contribution < 1.29 is 45.2 Å². The zero-order valence-corrected chi connectivity index (χ0v) is 27.3. The van der Waals surface area contributed by atoms with Crippen molar-refractivity contribution in [2.24, 2.45) is 0 Å². The van der Waals surface area contributed by atoms with Gasteiger partial charge in [-0.1, -0.05) is 60.2 Å². The van der Waals surface area contributed by atoms with Crippen LogP contribution >= 0.6 is 11.6 Å². The van der Waals surface area contributed by atoms with E-state index in [4.69, 9.17) is 30.5 Å². The third-order valence-corrected chi connectivity index (χ3v) is 7.86. The van der Waals surface area contributed by atoms with E-state index in [-0.39, 0.29) is 27.9 Å². The first-order chi connectivity index (χ1) is 24.7. The summed E-state index contributed by atoms with van der Waals surface area (Å²) in [5, 5.41) is 18.3. The first-order valence-corrected chi connectivity index (χ1v) is 15.7. The van der Waals surface area contributed by atoms with Gasteiger partial charge in [-0.05, 0) is 72.4 Å². The van der Waals surface area contributed by atoms with Crippen LogP contribution in [0.2, 0.25) is 5.15 Å². The summed E-state index contributed by atoms with van der Waals surface area (Å²) >= 11 is 5.74. The summed E-state index contributed by atoms with van der Waals surface area (Å²) < 4.78 is 87.1. The Kier molecular flexibility index (Phi) is 10.5.